The molecule has 1 amide bonds. The predicted molar refractivity (Wildman–Crippen MR) is 130 cm³/mol. The molecule has 35 heavy (non-hydrogen) atoms. The summed E-state index contributed by atoms with van der Waals surface area (Å²) < 4.78 is 1.68. The standard InChI is InChI=1S/C26H29N7O2/c1-17-10-21(13-22-12-18(2)31-32-22)30-23(11-17)26(35)7-6-20(14-26)25(34)28-16-19-4-5-24(27-15-19)33-9-3-8-29-33/h3-5,8-12,15,20,35H,6-7,13-14,16H2,1-2H3,(H,28,34)(H,31,32)/t20-,26+/m1/s1. The van der Waals surface area contributed by atoms with Crippen molar-refractivity contribution in [2.24, 2.45) is 5.92 Å². The number of aliphatic hydroxyl groups is 1. The van der Waals surface area contributed by atoms with Gasteiger partial charge in [0.05, 0.1) is 11.4 Å². The van der Waals surface area contributed by atoms with Crippen LogP contribution in [0.3, 0.4) is 0 Å². The molecule has 1 aliphatic carbocycles. The molecule has 0 aromatic carbocycles. The summed E-state index contributed by atoms with van der Waals surface area (Å²) in [5, 5.41) is 25.8. The van der Waals surface area contributed by atoms with Gasteiger partial charge in [-0.05, 0) is 74.6 Å². The van der Waals surface area contributed by atoms with E-state index in [1.54, 1.807) is 17.1 Å². The highest BCUT2D eigenvalue weighted by Gasteiger charge is 2.42. The van der Waals surface area contributed by atoms with E-state index in [1.165, 1.54) is 0 Å². The van der Waals surface area contributed by atoms with E-state index in [0.717, 1.165) is 34.0 Å². The van der Waals surface area contributed by atoms with Crippen molar-refractivity contribution in [2.45, 2.75) is 51.7 Å². The Kier molecular flexibility index (Phi) is 6.17. The average molecular weight is 472 g/mol. The van der Waals surface area contributed by atoms with Gasteiger partial charge in [-0.2, -0.15) is 10.2 Å². The number of aryl methyl sites for hydroxylation is 2. The molecule has 5 rings (SSSR count). The SMILES string of the molecule is Cc1cc(Cc2cc(C)[nH]n2)nc([C@]2(O)CC[C@@H](C(=O)NCc3ccc(-n4cccn4)nc3)C2)c1. The Balaban J connectivity index is 1.21. The Bertz CT molecular complexity index is 1310. The fraction of sp³-hybridized carbons (Fsp3) is 0.346. The van der Waals surface area contributed by atoms with E-state index in [-0.39, 0.29) is 11.8 Å². The monoisotopic (exact) mass is 471 g/mol. The van der Waals surface area contributed by atoms with E-state index in [1.807, 2.05) is 56.4 Å². The molecule has 9 heteroatoms. The second-order valence-electron chi connectivity index (χ2n) is 9.40. The highest BCUT2D eigenvalue weighted by molar-refractivity contribution is 5.79. The molecule has 0 saturated heterocycles. The number of carbonyl (C=O) groups is 1. The number of amides is 1. The maximum atomic E-state index is 12.9. The summed E-state index contributed by atoms with van der Waals surface area (Å²) in [4.78, 5) is 22.0. The number of aromatic nitrogens is 6. The molecule has 1 fully saturated rings. The fourth-order valence-corrected chi connectivity index (χ4v) is 4.69. The van der Waals surface area contributed by atoms with Crippen molar-refractivity contribution < 1.29 is 9.90 Å². The number of nitrogens with zero attached hydrogens (tertiary/aromatic N) is 5. The summed E-state index contributed by atoms with van der Waals surface area (Å²) in [6.45, 7) is 4.35. The molecule has 0 spiro atoms. The molecule has 0 bridgehead atoms. The molecule has 2 atom stereocenters. The molecule has 1 saturated carbocycles. The van der Waals surface area contributed by atoms with E-state index in [4.69, 9.17) is 4.98 Å². The highest BCUT2D eigenvalue weighted by Crippen LogP contribution is 2.41. The molecule has 3 N–H and O–H groups in total. The average Bonchev–Trinajstić information content (AvgIpc) is 3.60. The highest BCUT2D eigenvalue weighted by atomic mass is 16.3. The molecule has 0 aliphatic heterocycles. The molecule has 180 valence electrons. The van der Waals surface area contributed by atoms with Crippen LogP contribution in [0.4, 0.5) is 0 Å². The largest absolute Gasteiger partial charge is 0.384 e. The van der Waals surface area contributed by atoms with Crippen LogP contribution in [-0.4, -0.2) is 41.0 Å². The van der Waals surface area contributed by atoms with Crippen LogP contribution in [-0.2, 0) is 23.4 Å². The van der Waals surface area contributed by atoms with E-state index < -0.39 is 5.60 Å². The van der Waals surface area contributed by atoms with Crippen LogP contribution in [0, 0.1) is 19.8 Å². The van der Waals surface area contributed by atoms with Crippen molar-refractivity contribution >= 4 is 5.91 Å². The van der Waals surface area contributed by atoms with Crippen molar-refractivity contribution in [3.05, 3.63) is 88.9 Å². The molecule has 1 aliphatic rings. The lowest BCUT2D eigenvalue weighted by molar-refractivity contribution is -0.125. The number of rotatable bonds is 7. The number of hydrogen-bond acceptors (Lipinski definition) is 6. The summed E-state index contributed by atoms with van der Waals surface area (Å²) in [6, 6.07) is 11.6. The van der Waals surface area contributed by atoms with Crippen LogP contribution in [0.2, 0.25) is 0 Å². The van der Waals surface area contributed by atoms with Gasteiger partial charge in [-0.3, -0.25) is 14.9 Å². The number of pyridine rings is 2. The minimum absolute atomic E-state index is 0.0584. The van der Waals surface area contributed by atoms with Crippen LogP contribution < -0.4 is 5.32 Å². The fourth-order valence-electron chi connectivity index (χ4n) is 4.69. The molecule has 4 heterocycles. The maximum Gasteiger partial charge on any atom is 0.223 e. The first-order chi connectivity index (χ1) is 16.9. The second kappa shape index (κ2) is 9.42. The Labute approximate surface area is 203 Å². The number of aromatic amines is 1. The van der Waals surface area contributed by atoms with Crippen LogP contribution >= 0.6 is 0 Å². The number of H-pyrrole nitrogens is 1. The first-order valence-electron chi connectivity index (χ1n) is 11.8. The predicted octanol–water partition coefficient (Wildman–Crippen LogP) is 2.90. The molecule has 0 unspecified atom stereocenters. The Hall–Kier alpha value is -3.85. The molecule has 0 radical (unpaired) electrons. The van der Waals surface area contributed by atoms with E-state index in [0.29, 0.717) is 37.9 Å². The lowest BCUT2D eigenvalue weighted by Crippen LogP contribution is -2.31. The molecule has 9 nitrogen and oxygen atoms in total. The first kappa shape index (κ1) is 22.9. The van der Waals surface area contributed by atoms with E-state index >= 15 is 0 Å². The second-order valence-corrected chi connectivity index (χ2v) is 9.40. The van der Waals surface area contributed by atoms with Crippen molar-refractivity contribution in [1.82, 2.24) is 35.3 Å². The van der Waals surface area contributed by atoms with Crippen LogP contribution in [0.5, 0.6) is 0 Å². The van der Waals surface area contributed by atoms with Crippen LogP contribution in [0.15, 0.2) is 55.0 Å². The van der Waals surface area contributed by atoms with Crippen LogP contribution in [0.25, 0.3) is 5.82 Å². The third-order valence-corrected chi connectivity index (χ3v) is 6.50. The first-order valence-corrected chi connectivity index (χ1v) is 11.8. The summed E-state index contributed by atoms with van der Waals surface area (Å²) in [6.07, 6.45) is 7.33. The number of hydrogen-bond donors (Lipinski definition) is 3. The number of carbonyl (C=O) groups excluding carboxylic acids is 1. The number of nitrogens with one attached hydrogen (secondary N) is 2. The zero-order chi connectivity index (χ0) is 24.4. The van der Waals surface area contributed by atoms with Gasteiger partial charge < -0.3 is 10.4 Å². The molecular weight excluding hydrogens is 442 g/mol. The third kappa shape index (κ3) is 5.14. The van der Waals surface area contributed by atoms with Gasteiger partial charge in [0.1, 0.15) is 5.60 Å². The van der Waals surface area contributed by atoms with Crippen molar-refractivity contribution in [3.63, 3.8) is 0 Å². The minimum atomic E-state index is -1.11. The summed E-state index contributed by atoms with van der Waals surface area (Å²) >= 11 is 0. The van der Waals surface area contributed by atoms with Crippen molar-refractivity contribution in [2.75, 3.05) is 0 Å². The zero-order valence-corrected chi connectivity index (χ0v) is 19.9. The van der Waals surface area contributed by atoms with Gasteiger partial charge in [-0.1, -0.05) is 6.07 Å². The van der Waals surface area contributed by atoms with Crippen LogP contribution in [0.1, 0.15) is 53.2 Å². The van der Waals surface area contributed by atoms with E-state index in [9.17, 15) is 9.90 Å². The van der Waals surface area contributed by atoms with Gasteiger partial charge in [-0.15, -0.1) is 0 Å². The summed E-state index contributed by atoms with van der Waals surface area (Å²) in [5.74, 6) is 0.395. The van der Waals surface area contributed by atoms with Gasteiger partial charge in [0.15, 0.2) is 5.82 Å². The summed E-state index contributed by atoms with van der Waals surface area (Å²) in [7, 11) is 0. The smallest absolute Gasteiger partial charge is 0.223 e. The Morgan fingerprint density at radius 2 is 2.14 bits per heavy atom. The molecule has 4 aromatic rings. The topological polar surface area (TPSA) is 122 Å². The normalized spacial score (nSPS) is 19.7. The van der Waals surface area contributed by atoms with Gasteiger partial charge in [0, 0.05) is 48.9 Å². The van der Waals surface area contributed by atoms with Gasteiger partial charge in [0.25, 0.3) is 0 Å². The van der Waals surface area contributed by atoms with Gasteiger partial charge in [-0.25, -0.2) is 9.67 Å². The molecular formula is C26H29N7O2. The molecule has 4 aromatic heterocycles. The maximum absolute atomic E-state index is 12.9. The lowest BCUT2D eigenvalue weighted by Gasteiger charge is -2.23. The quantitative estimate of drug-likeness (QED) is 0.381. The third-order valence-electron chi connectivity index (χ3n) is 6.50. The van der Waals surface area contributed by atoms with Gasteiger partial charge in [0.2, 0.25) is 5.91 Å². The Morgan fingerprint density at radius 3 is 2.86 bits per heavy atom. The zero-order valence-electron chi connectivity index (χ0n) is 19.9. The van der Waals surface area contributed by atoms with Crippen molar-refractivity contribution in [3.8, 4) is 5.82 Å². The minimum Gasteiger partial charge on any atom is -0.384 e. The van der Waals surface area contributed by atoms with E-state index in [2.05, 4.69) is 25.6 Å². The summed E-state index contributed by atoms with van der Waals surface area (Å²) in [5.41, 5.74) is 4.23. The Morgan fingerprint density at radius 1 is 1.26 bits per heavy atom. The van der Waals surface area contributed by atoms with Crippen molar-refractivity contribution in [1.29, 1.82) is 0 Å². The lowest BCUT2D eigenvalue weighted by atomic mass is 9.93. The van der Waals surface area contributed by atoms with Gasteiger partial charge >= 0.3 is 0 Å².